The minimum absolute atomic E-state index is 0.377. The lowest BCUT2D eigenvalue weighted by Gasteiger charge is -1.87. The Morgan fingerprint density at radius 1 is 1.08 bits per heavy atom. The fourth-order valence-corrected chi connectivity index (χ4v) is 0.660. The van der Waals surface area contributed by atoms with Crippen LogP contribution >= 0.6 is 0 Å². The Hall–Kier alpha value is -0.370. The monoisotopic (exact) mass is 174 g/mol. The third-order valence-corrected chi connectivity index (χ3v) is 1.33. The fourth-order valence-electron chi connectivity index (χ4n) is 0.660. The van der Waals surface area contributed by atoms with Crippen LogP contribution < -0.4 is 0 Å². The fraction of sp³-hybridized carbons (Fsp3) is 0.900. The molecule has 0 rings (SSSR count). The van der Waals surface area contributed by atoms with Crippen molar-refractivity contribution in [2.24, 2.45) is 0 Å². The minimum Gasteiger partial charge on any atom is -0.382 e. The van der Waals surface area contributed by atoms with Crippen molar-refractivity contribution in [3.63, 3.8) is 0 Å². The molecule has 0 unspecified atom stereocenters. The van der Waals surface area contributed by atoms with Crippen LogP contribution in [0, 0.1) is 0 Å². The molecular formula is C10H22O2. The maximum absolute atomic E-state index is 10.4. The summed E-state index contributed by atoms with van der Waals surface area (Å²) in [5.74, 6) is 0.377. The van der Waals surface area contributed by atoms with Gasteiger partial charge < -0.3 is 4.74 Å². The first-order valence-electron chi connectivity index (χ1n) is 4.82. The van der Waals surface area contributed by atoms with Crippen LogP contribution in [0.3, 0.4) is 0 Å². The lowest BCUT2D eigenvalue weighted by molar-refractivity contribution is -0.118. The second kappa shape index (κ2) is 13.2. The highest BCUT2D eigenvalue weighted by atomic mass is 16.5. The second-order valence-electron chi connectivity index (χ2n) is 2.42. The van der Waals surface area contributed by atoms with Crippen molar-refractivity contribution in [1.82, 2.24) is 0 Å². The van der Waals surface area contributed by atoms with E-state index < -0.39 is 0 Å². The van der Waals surface area contributed by atoms with E-state index in [2.05, 4.69) is 0 Å². The Labute approximate surface area is 76.3 Å². The number of carbonyl (C=O) groups excluding carboxylic acids is 1. The molecule has 12 heavy (non-hydrogen) atoms. The van der Waals surface area contributed by atoms with Crippen molar-refractivity contribution in [2.45, 2.75) is 47.0 Å². The number of Topliss-reactive ketones (excluding diaryl/α,β-unsaturated/α-hetero) is 1. The van der Waals surface area contributed by atoms with Gasteiger partial charge in [-0.2, -0.15) is 0 Å². The summed E-state index contributed by atoms with van der Waals surface area (Å²) in [6.45, 7) is 9.59. The van der Waals surface area contributed by atoms with Gasteiger partial charge in [-0.15, -0.1) is 0 Å². The average Bonchev–Trinajstić information content (AvgIpc) is 2.07. The summed E-state index contributed by atoms with van der Waals surface area (Å²) in [5.41, 5.74) is 0. The third kappa shape index (κ3) is 16.3. The molecule has 0 aliphatic heterocycles. The predicted molar refractivity (Wildman–Crippen MR) is 52.4 cm³/mol. The van der Waals surface area contributed by atoms with Crippen LogP contribution in [-0.2, 0) is 9.53 Å². The molecule has 0 saturated heterocycles. The van der Waals surface area contributed by atoms with Crippen molar-refractivity contribution in [3.05, 3.63) is 0 Å². The molecule has 0 aromatic rings. The molecule has 0 aromatic carbocycles. The first-order chi connectivity index (χ1) is 5.72. The van der Waals surface area contributed by atoms with Gasteiger partial charge in [0.15, 0.2) is 0 Å². The zero-order chi connectivity index (χ0) is 9.82. The largest absolute Gasteiger partial charge is 0.382 e. The Kier molecular flexibility index (Phi) is 15.6. The zero-order valence-corrected chi connectivity index (χ0v) is 8.85. The molecule has 0 aliphatic carbocycles. The SMILES string of the molecule is CCCC(=O)CC.CCOCC. The molecule has 74 valence electrons. The molecule has 0 spiro atoms. The summed E-state index contributed by atoms with van der Waals surface area (Å²) in [6.07, 6.45) is 2.46. The summed E-state index contributed by atoms with van der Waals surface area (Å²) >= 11 is 0. The van der Waals surface area contributed by atoms with Gasteiger partial charge >= 0.3 is 0 Å². The van der Waals surface area contributed by atoms with Gasteiger partial charge in [-0.3, -0.25) is 4.79 Å². The van der Waals surface area contributed by atoms with E-state index in [9.17, 15) is 4.79 Å². The van der Waals surface area contributed by atoms with Gasteiger partial charge in [0.1, 0.15) is 5.78 Å². The molecule has 0 N–H and O–H groups in total. The smallest absolute Gasteiger partial charge is 0.132 e. The van der Waals surface area contributed by atoms with Crippen molar-refractivity contribution in [1.29, 1.82) is 0 Å². The number of ketones is 1. The summed E-state index contributed by atoms with van der Waals surface area (Å²) in [6, 6.07) is 0. The topological polar surface area (TPSA) is 26.3 Å². The second-order valence-corrected chi connectivity index (χ2v) is 2.42. The van der Waals surface area contributed by atoms with Crippen molar-refractivity contribution in [3.8, 4) is 0 Å². The summed E-state index contributed by atoms with van der Waals surface area (Å²) in [7, 11) is 0. The summed E-state index contributed by atoms with van der Waals surface area (Å²) in [4.78, 5) is 10.4. The quantitative estimate of drug-likeness (QED) is 0.640. The lowest BCUT2D eigenvalue weighted by atomic mass is 10.2. The molecule has 0 amide bonds. The molecular weight excluding hydrogens is 152 g/mol. The molecule has 0 radical (unpaired) electrons. The van der Waals surface area contributed by atoms with Crippen molar-refractivity contribution in [2.75, 3.05) is 13.2 Å². The Balaban J connectivity index is 0. The van der Waals surface area contributed by atoms with Gasteiger partial charge in [-0.1, -0.05) is 13.8 Å². The van der Waals surface area contributed by atoms with E-state index in [0.717, 1.165) is 26.1 Å². The zero-order valence-electron chi connectivity index (χ0n) is 8.85. The lowest BCUT2D eigenvalue weighted by Crippen LogP contribution is -1.91. The van der Waals surface area contributed by atoms with Gasteiger partial charge in [0, 0.05) is 26.1 Å². The first kappa shape index (κ1) is 14.2. The van der Waals surface area contributed by atoms with Crippen LogP contribution in [0.15, 0.2) is 0 Å². The molecule has 0 aliphatic rings. The van der Waals surface area contributed by atoms with Crippen LogP contribution in [0.25, 0.3) is 0 Å². The number of ether oxygens (including phenoxy) is 1. The highest BCUT2D eigenvalue weighted by molar-refractivity contribution is 5.77. The normalized spacial score (nSPS) is 8.67. The number of rotatable bonds is 5. The van der Waals surface area contributed by atoms with Gasteiger partial charge in [-0.25, -0.2) is 0 Å². The highest BCUT2D eigenvalue weighted by Crippen LogP contribution is 1.90. The van der Waals surface area contributed by atoms with E-state index in [-0.39, 0.29) is 0 Å². The molecule has 0 atom stereocenters. The number of carbonyl (C=O) groups is 1. The van der Waals surface area contributed by atoms with Crippen LogP contribution in [-0.4, -0.2) is 19.0 Å². The minimum atomic E-state index is 0.377. The molecule has 2 heteroatoms. The van der Waals surface area contributed by atoms with Crippen molar-refractivity contribution < 1.29 is 9.53 Å². The van der Waals surface area contributed by atoms with Gasteiger partial charge in [-0.05, 0) is 20.3 Å². The van der Waals surface area contributed by atoms with Gasteiger partial charge in [0.25, 0.3) is 0 Å². The van der Waals surface area contributed by atoms with Gasteiger partial charge in [0.05, 0.1) is 0 Å². The molecule has 0 heterocycles. The van der Waals surface area contributed by atoms with Crippen LogP contribution in [0.1, 0.15) is 47.0 Å². The predicted octanol–water partition coefficient (Wildman–Crippen LogP) is 2.81. The Bertz CT molecular complexity index is 87.8. The first-order valence-corrected chi connectivity index (χ1v) is 4.82. The third-order valence-electron chi connectivity index (χ3n) is 1.33. The van der Waals surface area contributed by atoms with E-state index in [4.69, 9.17) is 4.74 Å². The van der Waals surface area contributed by atoms with E-state index >= 15 is 0 Å². The van der Waals surface area contributed by atoms with Crippen LogP contribution in [0.2, 0.25) is 0 Å². The summed E-state index contributed by atoms with van der Waals surface area (Å²) < 4.78 is 4.83. The standard InChI is InChI=1S/C6H12O.C4H10O/c1-3-5-6(7)4-2;1-3-5-4-2/h3-5H2,1-2H3;3-4H2,1-2H3. The van der Waals surface area contributed by atoms with E-state index in [1.54, 1.807) is 0 Å². The molecule has 0 saturated carbocycles. The maximum Gasteiger partial charge on any atom is 0.132 e. The molecule has 2 nitrogen and oxygen atoms in total. The van der Waals surface area contributed by atoms with Crippen LogP contribution in [0.4, 0.5) is 0 Å². The van der Waals surface area contributed by atoms with E-state index in [0.29, 0.717) is 12.2 Å². The molecule has 0 fully saturated rings. The number of hydrogen-bond donors (Lipinski definition) is 0. The Morgan fingerprint density at radius 2 is 1.58 bits per heavy atom. The Morgan fingerprint density at radius 3 is 1.67 bits per heavy atom. The van der Waals surface area contributed by atoms with Crippen molar-refractivity contribution >= 4 is 5.78 Å². The van der Waals surface area contributed by atoms with Crippen LogP contribution in [0.5, 0.6) is 0 Å². The highest BCUT2D eigenvalue weighted by Gasteiger charge is 1.91. The molecule has 0 aromatic heterocycles. The average molecular weight is 174 g/mol. The number of hydrogen-bond acceptors (Lipinski definition) is 2. The molecule has 0 bridgehead atoms. The maximum atomic E-state index is 10.4. The summed E-state index contributed by atoms with van der Waals surface area (Å²) in [5, 5.41) is 0. The van der Waals surface area contributed by atoms with Gasteiger partial charge in [0.2, 0.25) is 0 Å². The van der Waals surface area contributed by atoms with E-state index in [1.165, 1.54) is 0 Å². The van der Waals surface area contributed by atoms with E-state index in [1.807, 2.05) is 27.7 Å².